The zero-order chi connectivity index (χ0) is 17.1. The summed E-state index contributed by atoms with van der Waals surface area (Å²) in [6, 6.07) is 0.0393. The Balaban J connectivity index is 1.87. The van der Waals surface area contributed by atoms with Crippen LogP contribution in [0.25, 0.3) is 0 Å². The molecule has 1 saturated carbocycles. The summed E-state index contributed by atoms with van der Waals surface area (Å²) in [5, 5.41) is 4.00. The topological polar surface area (TPSA) is 62.3 Å². The Morgan fingerprint density at radius 1 is 1.17 bits per heavy atom. The second kappa shape index (κ2) is 7.64. The van der Waals surface area contributed by atoms with Gasteiger partial charge in [-0.25, -0.2) is 4.98 Å². The molecule has 1 aromatic rings. The van der Waals surface area contributed by atoms with Crippen LogP contribution in [0.15, 0.2) is 0 Å². The predicted molar refractivity (Wildman–Crippen MR) is 95.2 cm³/mol. The molecule has 0 spiro atoms. The predicted octanol–water partition coefficient (Wildman–Crippen LogP) is 3.06. The highest BCUT2D eigenvalue weighted by Gasteiger charge is 2.39. The number of aromatic nitrogens is 1. The van der Waals surface area contributed by atoms with Crippen LogP contribution in [0.5, 0.6) is 0 Å². The zero-order valence-electron chi connectivity index (χ0n) is 14.6. The molecule has 132 valence electrons. The summed E-state index contributed by atoms with van der Waals surface area (Å²) in [6.45, 7) is 5.36. The number of aryl methyl sites for hydroxylation is 2. The molecule has 24 heavy (non-hydrogen) atoms. The van der Waals surface area contributed by atoms with Crippen LogP contribution in [0.4, 0.5) is 0 Å². The van der Waals surface area contributed by atoms with Crippen LogP contribution in [0.3, 0.4) is 0 Å². The first-order valence-electron chi connectivity index (χ1n) is 9.10. The minimum absolute atomic E-state index is 0.0393. The first-order chi connectivity index (χ1) is 11.6. The molecule has 1 N–H and O–H groups in total. The SMILES string of the molecule is Cc1nc(C)c(C(=O)N2CCCCCCNC(=O)[C@@H]3CCC[C@@H]32)s1. The van der Waals surface area contributed by atoms with Crippen LogP contribution >= 0.6 is 11.3 Å². The fourth-order valence-corrected chi connectivity index (χ4v) is 4.88. The van der Waals surface area contributed by atoms with Crippen molar-refractivity contribution in [2.45, 2.75) is 64.8 Å². The van der Waals surface area contributed by atoms with Crippen LogP contribution in [-0.4, -0.2) is 40.8 Å². The standard InChI is InChI=1S/C18H27N3O2S/c1-12-16(24-13(2)20-12)18(23)21-11-6-4-3-5-10-19-17(22)14-8-7-9-15(14)21/h14-15H,3-11H2,1-2H3,(H,19,22)/t14-,15+/m1/s1. The largest absolute Gasteiger partial charge is 0.356 e. The molecule has 6 heteroatoms. The average Bonchev–Trinajstić information content (AvgIpc) is 3.14. The van der Waals surface area contributed by atoms with E-state index in [-0.39, 0.29) is 23.8 Å². The number of carbonyl (C=O) groups is 2. The van der Waals surface area contributed by atoms with Gasteiger partial charge in [-0.1, -0.05) is 19.3 Å². The summed E-state index contributed by atoms with van der Waals surface area (Å²) in [4.78, 5) is 32.9. The van der Waals surface area contributed by atoms with Gasteiger partial charge in [-0.05, 0) is 39.5 Å². The van der Waals surface area contributed by atoms with Crippen molar-refractivity contribution in [3.63, 3.8) is 0 Å². The minimum Gasteiger partial charge on any atom is -0.356 e. The maximum atomic E-state index is 13.2. The number of thiazole rings is 1. The maximum Gasteiger partial charge on any atom is 0.266 e. The van der Waals surface area contributed by atoms with Gasteiger partial charge in [0.2, 0.25) is 5.91 Å². The van der Waals surface area contributed by atoms with Crippen molar-refractivity contribution in [2.75, 3.05) is 13.1 Å². The van der Waals surface area contributed by atoms with E-state index in [1.165, 1.54) is 11.3 Å². The third kappa shape index (κ3) is 3.63. The van der Waals surface area contributed by atoms with Gasteiger partial charge in [0.05, 0.1) is 16.6 Å². The molecule has 0 aromatic carbocycles. The van der Waals surface area contributed by atoms with Crippen molar-refractivity contribution in [3.05, 3.63) is 15.6 Å². The lowest BCUT2D eigenvalue weighted by Crippen LogP contribution is -2.47. The summed E-state index contributed by atoms with van der Waals surface area (Å²) >= 11 is 1.47. The van der Waals surface area contributed by atoms with Gasteiger partial charge in [-0.3, -0.25) is 9.59 Å². The fourth-order valence-electron chi connectivity index (χ4n) is 4.00. The zero-order valence-corrected chi connectivity index (χ0v) is 15.5. The Bertz CT molecular complexity index is 613. The molecule has 3 rings (SSSR count). The van der Waals surface area contributed by atoms with Gasteiger partial charge in [0.15, 0.2) is 0 Å². The lowest BCUT2D eigenvalue weighted by atomic mass is 10.00. The molecule has 2 aliphatic rings. The lowest BCUT2D eigenvalue weighted by molar-refractivity contribution is -0.126. The number of nitrogens with one attached hydrogen (secondary N) is 1. The quantitative estimate of drug-likeness (QED) is 0.847. The molecule has 1 saturated heterocycles. The molecular formula is C18H27N3O2S. The number of nitrogens with zero attached hydrogens (tertiary/aromatic N) is 2. The lowest BCUT2D eigenvalue weighted by Gasteiger charge is -2.32. The van der Waals surface area contributed by atoms with Crippen molar-refractivity contribution in [1.29, 1.82) is 0 Å². The van der Waals surface area contributed by atoms with Crippen LogP contribution in [0.1, 0.15) is 65.3 Å². The second-order valence-corrected chi connectivity index (χ2v) is 8.16. The Kier molecular flexibility index (Phi) is 5.54. The molecule has 2 amide bonds. The normalized spacial score (nSPS) is 25.8. The molecule has 1 aliphatic heterocycles. The number of fused-ring (bicyclic) bond motifs is 1. The molecule has 0 bridgehead atoms. The van der Waals surface area contributed by atoms with Gasteiger partial charge in [0.1, 0.15) is 4.88 Å². The van der Waals surface area contributed by atoms with Gasteiger partial charge >= 0.3 is 0 Å². The minimum atomic E-state index is -0.0543. The van der Waals surface area contributed by atoms with Crippen LogP contribution < -0.4 is 5.32 Å². The number of carbonyl (C=O) groups excluding carboxylic acids is 2. The van der Waals surface area contributed by atoms with Gasteiger partial charge < -0.3 is 10.2 Å². The van der Waals surface area contributed by atoms with E-state index in [1.54, 1.807) is 0 Å². The van der Waals surface area contributed by atoms with Crippen LogP contribution in [0.2, 0.25) is 0 Å². The highest BCUT2D eigenvalue weighted by Crippen LogP contribution is 2.33. The molecule has 2 atom stereocenters. The Hall–Kier alpha value is -1.43. The number of rotatable bonds is 1. The van der Waals surface area contributed by atoms with Crippen molar-refractivity contribution in [1.82, 2.24) is 15.2 Å². The number of amides is 2. The number of hydrogen-bond donors (Lipinski definition) is 1. The van der Waals surface area contributed by atoms with E-state index in [0.717, 1.165) is 73.6 Å². The first-order valence-corrected chi connectivity index (χ1v) is 9.92. The van der Waals surface area contributed by atoms with Crippen molar-refractivity contribution < 1.29 is 9.59 Å². The Labute approximate surface area is 147 Å². The number of hydrogen-bond acceptors (Lipinski definition) is 4. The summed E-state index contributed by atoms with van der Waals surface area (Å²) in [5.41, 5.74) is 0.816. The van der Waals surface area contributed by atoms with Crippen molar-refractivity contribution in [3.8, 4) is 0 Å². The van der Waals surface area contributed by atoms with E-state index >= 15 is 0 Å². The third-order valence-electron chi connectivity index (χ3n) is 5.20. The van der Waals surface area contributed by atoms with Gasteiger partial charge in [0.25, 0.3) is 5.91 Å². The summed E-state index contributed by atoms with van der Waals surface area (Å²) in [7, 11) is 0. The smallest absolute Gasteiger partial charge is 0.266 e. The van der Waals surface area contributed by atoms with E-state index in [1.807, 2.05) is 18.7 Å². The summed E-state index contributed by atoms with van der Waals surface area (Å²) in [6.07, 6.45) is 7.10. The van der Waals surface area contributed by atoms with E-state index in [0.29, 0.717) is 0 Å². The highest BCUT2D eigenvalue weighted by atomic mass is 32.1. The molecule has 0 radical (unpaired) electrons. The van der Waals surface area contributed by atoms with E-state index in [9.17, 15) is 9.59 Å². The Morgan fingerprint density at radius 2 is 1.96 bits per heavy atom. The maximum absolute atomic E-state index is 13.2. The summed E-state index contributed by atoms with van der Waals surface area (Å²) < 4.78 is 0. The van der Waals surface area contributed by atoms with Crippen molar-refractivity contribution in [2.24, 2.45) is 5.92 Å². The van der Waals surface area contributed by atoms with E-state index < -0.39 is 0 Å². The average molecular weight is 350 g/mol. The molecular weight excluding hydrogens is 322 g/mol. The summed E-state index contributed by atoms with van der Waals surface area (Å²) in [5.74, 6) is 0.151. The van der Waals surface area contributed by atoms with Gasteiger partial charge in [-0.15, -0.1) is 11.3 Å². The Morgan fingerprint density at radius 3 is 2.71 bits per heavy atom. The fraction of sp³-hybridized carbons (Fsp3) is 0.722. The van der Waals surface area contributed by atoms with Crippen LogP contribution in [-0.2, 0) is 4.79 Å². The first kappa shape index (κ1) is 17.4. The monoisotopic (exact) mass is 349 g/mol. The molecule has 1 aliphatic carbocycles. The molecule has 0 unspecified atom stereocenters. The van der Waals surface area contributed by atoms with E-state index in [4.69, 9.17) is 0 Å². The van der Waals surface area contributed by atoms with Crippen molar-refractivity contribution >= 4 is 23.2 Å². The van der Waals surface area contributed by atoms with Crippen LogP contribution in [0, 0.1) is 19.8 Å². The highest BCUT2D eigenvalue weighted by molar-refractivity contribution is 7.13. The molecule has 1 aromatic heterocycles. The molecule has 5 nitrogen and oxygen atoms in total. The molecule has 2 fully saturated rings. The second-order valence-electron chi connectivity index (χ2n) is 6.96. The van der Waals surface area contributed by atoms with Gasteiger partial charge in [-0.2, -0.15) is 0 Å². The van der Waals surface area contributed by atoms with E-state index in [2.05, 4.69) is 10.3 Å². The molecule has 2 heterocycles. The van der Waals surface area contributed by atoms with Gasteiger partial charge in [0, 0.05) is 19.1 Å². The third-order valence-corrected chi connectivity index (χ3v) is 6.26.